The fourth-order valence-electron chi connectivity index (χ4n) is 3.56. The minimum atomic E-state index is -0.180. The molecule has 0 spiro atoms. The van der Waals surface area contributed by atoms with E-state index in [1.807, 2.05) is 18.2 Å². The van der Waals surface area contributed by atoms with Crippen molar-refractivity contribution in [2.45, 2.75) is 46.4 Å². The fourth-order valence-corrected chi connectivity index (χ4v) is 3.56. The second-order valence-corrected chi connectivity index (χ2v) is 8.00. The van der Waals surface area contributed by atoms with Gasteiger partial charge in [-0.3, -0.25) is 4.90 Å². The highest BCUT2D eigenvalue weighted by molar-refractivity contribution is 5.29. The van der Waals surface area contributed by atoms with E-state index in [1.165, 1.54) is 17.3 Å². The third-order valence-corrected chi connectivity index (χ3v) is 5.59. The van der Waals surface area contributed by atoms with Crippen LogP contribution in [0.15, 0.2) is 66.9 Å². The highest BCUT2D eigenvalue weighted by atomic mass is 19.1. The van der Waals surface area contributed by atoms with Gasteiger partial charge in [-0.15, -0.1) is 0 Å². The molecule has 0 N–H and O–H groups in total. The molecule has 0 unspecified atom stereocenters. The molecule has 154 valence electrons. The van der Waals surface area contributed by atoms with Crippen molar-refractivity contribution in [2.75, 3.05) is 7.11 Å². The molecule has 0 amide bonds. The summed E-state index contributed by atoms with van der Waals surface area (Å²) in [5, 5.41) is 0. The molecule has 3 rings (SSSR count). The van der Waals surface area contributed by atoms with Crippen LogP contribution in [0.4, 0.5) is 4.39 Å². The number of nitrogens with zero attached hydrogens (tertiary/aromatic N) is 2. The molecule has 0 fully saturated rings. The Kier molecular flexibility index (Phi) is 7.10. The van der Waals surface area contributed by atoms with Crippen molar-refractivity contribution in [1.29, 1.82) is 0 Å². The van der Waals surface area contributed by atoms with Crippen molar-refractivity contribution in [1.82, 2.24) is 9.47 Å². The maximum atomic E-state index is 13.7. The van der Waals surface area contributed by atoms with Gasteiger partial charge in [-0.1, -0.05) is 38.1 Å². The zero-order chi connectivity index (χ0) is 20.8. The lowest BCUT2D eigenvalue weighted by Gasteiger charge is -2.32. The number of benzene rings is 2. The van der Waals surface area contributed by atoms with E-state index in [4.69, 9.17) is 4.74 Å². The van der Waals surface area contributed by atoms with Crippen LogP contribution in [0.3, 0.4) is 0 Å². The normalized spacial score (nSPS) is 12.5. The number of halogens is 1. The lowest BCUT2D eigenvalue weighted by atomic mass is 10.0. The largest absolute Gasteiger partial charge is 0.497 e. The third-order valence-electron chi connectivity index (χ3n) is 5.59. The van der Waals surface area contributed by atoms with Crippen LogP contribution in [-0.2, 0) is 19.6 Å². The Hall–Kier alpha value is -2.59. The van der Waals surface area contributed by atoms with Crippen LogP contribution in [0.5, 0.6) is 5.75 Å². The zero-order valence-corrected chi connectivity index (χ0v) is 17.8. The molecule has 3 aromatic rings. The SMILES string of the molecule is COc1cccc(Cn2cccc2CN(Cc2cccc(F)c2)[C@H](C)C(C)C)c1. The molecule has 1 heterocycles. The summed E-state index contributed by atoms with van der Waals surface area (Å²) in [6.45, 7) is 9.05. The quantitative estimate of drug-likeness (QED) is 0.461. The van der Waals surface area contributed by atoms with Gasteiger partial charge >= 0.3 is 0 Å². The smallest absolute Gasteiger partial charge is 0.123 e. The van der Waals surface area contributed by atoms with Crippen LogP contribution in [0.25, 0.3) is 0 Å². The van der Waals surface area contributed by atoms with E-state index in [2.05, 4.69) is 60.7 Å². The molecule has 0 aliphatic heterocycles. The van der Waals surface area contributed by atoms with Crippen LogP contribution >= 0.6 is 0 Å². The number of methoxy groups -OCH3 is 1. The van der Waals surface area contributed by atoms with Gasteiger partial charge in [0.15, 0.2) is 0 Å². The van der Waals surface area contributed by atoms with Gasteiger partial charge < -0.3 is 9.30 Å². The van der Waals surface area contributed by atoms with Gasteiger partial charge in [0, 0.05) is 37.6 Å². The van der Waals surface area contributed by atoms with Gasteiger partial charge in [0.25, 0.3) is 0 Å². The van der Waals surface area contributed by atoms with E-state index in [-0.39, 0.29) is 5.82 Å². The first kappa shape index (κ1) is 21.1. The molecule has 4 heteroatoms. The summed E-state index contributed by atoms with van der Waals surface area (Å²) in [6.07, 6.45) is 2.12. The van der Waals surface area contributed by atoms with E-state index in [0.717, 1.165) is 30.9 Å². The monoisotopic (exact) mass is 394 g/mol. The fraction of sp³-hybridized carbons (Fsp3) is 0.360. The summed E-state index contributed by atoms with van der Waals surface area (Å²) in [4.78, 5) is 2.43. The lowest BCUT2D eigenvalue weighted by molar-refractivity contribution is 0.148. The maximum absolute atomic E-state index is 13.7. The average Bonchev–Trinajstić information content (AvgIpc) is 3.13. The molecule has 2 aromatic carbocycles. The average molecular weight is 395 g/mol. The molecule has 1 aromatic heterocycles. The molecular formula is C25H31FN2O. The third kappa shape index (κ3) is 5.70. The second kappa shape index (κ2) is 9.75. The Bertz CT molecular complexity index is 918. The van der Waals surface area contributed by atoms with Crippen LogP contribution in [0.2, 0.25) is 0 Å². The van der Waals surface area contributed by atoms with E-state index < -0.39 is 0 Å². The topological polar surface area (TPSA) is 17.4 Å². The second-order valence-electron chi connectivity index (χ2n) is 8.00. The summed E-state index contributed by atoms with van der Waals surface area (Å²) in [6, 6.07) is 19.7. The summed E-state index contributed by atoms with van der Waals surface area (Å²) >= 11 is 0. The van der Waals surface area contributed by atoms with Crippen molar-refractivity contribution in [3.05, 3.63) is 89.5 Å². The van der Waals surface area contributed by atoms with Crippen LogP contribution in [0, 0.1) is 11.7 Å². The zero-order valence-electron chi connectivity index (χ0n) is 17.8. The highest BCUT2D eigenvalue weighted by Gasteiger charge is 2.19. The van der Waals surface area contributed by atoms with Crippen LogP contribution < -0.4 is 4.74 Å². The van der Waals surface area contributed by atoms with Gasteiger partial charge in [-0.2, -0.15) is 0 Å². The Morgan fingerprint density at radius 2 is 1.69 bits per heavy atom. The molecule has 0 aliphatic carbocycles. The predicted molar refractivity (Wildman–Crippen MR) is 116 cm³/mol. The van der Waals surface area contributed by atoms with E-state index in [1.54, 1.807) is 19.2 Å². The van der Waals surface area contributed by atoms with E-state index in [9.17, 15) is 4.39 Å². The molecule has 3 nitrogen and oxygen atoms in total. The van der Waals surface area contributed by atoms with E-state index in [0.29, 0.717) is 12.0 Å². The van der Waals surface area contributed by atoms with Gasteiger partial charge in [0.1, 0.15) is 11.6 Å². The summed E-state index contributed by atoms with van der Waals surface area (Å²) in [5.74, 6) is 1.20. The van der Waals surface area contributed by atoms with Crippen molar-refractivity contribution < 1.29 is 9.13 Å². The first-order chi connectivity index (χ1) is 14.0. The Labute approximate surface area is 173 Å². The maximum Gasteiger partial charge on any atom is 0.123 e. The molecule has 1 atom stereocenters. The first-order valence-electron chi connectivity index (χ1n) is 10.2. The predicted octanol–water partition coefficient (Wildman–Crippen LogP) is 5.73. The Morgan fingerprint density at radius 1 is 0.931 bits per heavy atom. The van der Waals surface area contributed by atoms with Crippen molar-refractivity contribution >= 4 is 0 Å². The molecular weight excluding hydrogens is 363 g/mol. The lowest BCUT2D eigenvalue weighted by Crippen LogP contribution is -2.36. The molecule has 0 aliphatic rings. The summed E-state index contributed by atoms with van der Waals surface area (Å²) in [5.41, 5.74) is 3.45. The highest BCUT2D eigenvalue weighted by Crippen LogP contribution is 2.20. The van der Waals surface area contributed by atoms with Crippen molar-refractivity contribution in [3.63, 3.8) is 0 Å². The van der Waals surface area contributed by atoms with Crippen molar-refractivity contribution in [2.24, 2.45) is 5.92 Å². The Balaban J connectivity index is 1.80. The number of ether oxygens (including phenoxy) is 1. The standard InChI is InChI=1S/C25H31FN2O/c1-19(2)20(3)28(17-21-8-5-10-23(26)14-21)18-24-11-7-13-27(24)16-22-9-6-12-25(15-22)29-4/h5-15,19-20H,16-18H2,1-4H3/t20-/m1/s1. The van der Waals surface area contributed by atoms with Gasteiger partial charge in [-0.25, -0.2) is 4.39 Å². The van der Waals surface area contributed by atoms with E-state index >= 15 is 0 Å². The molecule has 0 bridgehead atoms. The molecule has 0 saturated carbocycles. The number of hydrogen-bond donors (Lipinski definition) is 0. The van der Waals surface area contributed by atoms with Crippen molar-refractivity contribution in [3.8, 4) is 5.75 Å². The summed E-state index contributed by atoms with van der Waals surface area (Å²) < 4.78 is 21.3. The molecule has 0 saturated heterocycles. The minimum absolute atomic E-state index is 0.180. The minimum Gasteiger partial charge on any atom is -0.497 e. The molecule has 29 heavy (non-hydrogen) atoms. The van der Waals surface area contributed by atoms with Crippen LogP contribution in [0.1, 0.15) is 37.6 Å². The van der Waals surface area contributed by atoms with Gasteiger partial charge in [0.05, 0.1) is 7.11 Å². The number of rotatable bonds is 9. The van der Waals surface area contributed by atoms with Gasteiger partial charge in [0.2, 0.25) is 0 Å². The van der Waals surface area contributed by atoms with Crippen LogP contribution in [-0.4, -0.2) is 22.6 Å². The number of hydrogen-bond acceptors (Lipinski definition) is 2. The Morgan fingerprint density at radius 3 is 2.41 bits per heavy atom. The summed E-state index contributed by atoms with van der Waals surface area (Å²) in [7, 11) is 1.69. The van der Waals surface area contributed by atoms with Gasteiger partial charge in [-0.05, 0) is 60.4 Å². The molecule has 0 radical (unpaired) electrons. The number of aromatic nitrogens is 1. The first-order valence-corrected chi connectivity index (χ1v) is 10.2.